The first-order valence-corrected chi connectivity index (χ1v) is 10.2. The topological polar surface area (TPSA) is 128 Å². The van der Waals surface area contributed by atoms with Crippen molar-refractivity contribution in [2.75, 3.05) is 49.7 Å². The lowest BCUT2D eigenvalue weighted by Gasteiger charge is -2.34. The van der Waals surface area contributed by atoms with Gasteiger partial charge in [-0.25, -0.2) is 9.97 Å². The summed E-state index contributed by atoms with van der Waals surface area (Å²) in [5.41, 5.74) is -0.168. The summed E-state index contributed by atoms with van der Waals surface area (Å²) in [4.78, 5) is 47.4. The van der Waals surface area contributed by atoms with Crippen LogP contribution in [0, 0.1) is 22.0 Å². The van der Waals surface area contributed by atoms with Gasteiger partial charge in [-0.15, -0.1) is 0 Å². The molecule has 11 nitrogen and oxygen atoms in total. The van der Waals surface area contributed by atoms with E-state index in [4.69, 9.17) is 9.47 Å². The number of aromatic nitrogens is 2. The second-order valence-electron chi connectivity index (χ2n) is 7.45. The van der Waals surface area contributed by atoms with Crippen LogP contribution in [0.5, 0.6) is 0 Å². The minimum Gasteiger partial charge on any atom is -0.469 e. The number of nitrogens with zero attached hydrogens (tertiary/aromatic N) is 5. The average molecular weight is 421 g/mol. The van der Waals surface area contributed by atoms with Gasteiger partial charge < -0.3 is 19.3 Å². The maximum Gasteiger partial charge on any atom is 0.353 e. The fourth-order valence-electron chi connectivity index (χ4n) is 4.10. The number of rotatable bonds is 6. The average Bonchev–Trinajstić information content (AvgIpc) is 2.78. The van der Waals surface area contributed by atoms with E-state index < -0.39 is 4.92 Å². The fraction of sp³-hybridized carbons (Fsp3) is 0.684. The van der Waals surface area contributed by atoms with Crippen LogP contribution in [0.15, 0.2) is 6.33 Å². The lowest BCUT2D eigenvalue weighted by atomic mass is 9.97. The molecule has 2 fully saturated rings. The highest BCUT2D eigenvalue weighted by atomic mass is 16.6. The highest BCUT2D eigenvalue weighted by Crippen LogP contribution is 2.37. The Morgan fingerprint density at radius 1 is 1.10 bits per heavy atom. The molecule has 2 saturated heterocycles. The van der Waals surface area contributed by atoms with Crippen LogP contribution in [0.2, 0.25) is 0 Å². The van der Waals surface area contributed by atoms with E-state index in [-0.39, 0.29) is 41.1 Å². The molecule has 3 rings (SSSR count). The fourth-order valence-corrected chi connectivity index (χ4v) is 4.10. The molecule has 0 aliphatic carbocycles. The minimum atomic E-state index is -0.467. The number of methoxy groups -OCH3 is 1. The maximum atomic E-state index is 12.2. The molecule has 0 saturated carbocycles. The summed E-state index contributed by atoms with van der Waals surface area (Å²) >= 11 is 0. The highest BCUT2D eigenvalue weighted by Gasteiger charge is 2.36. The van der Waals surface area contributed by atoms with Crippen molar-refractivity contribution in [3.63, 3.8) is 0 Å². The Labute approximate surface area is 174 Å². The van der Waals surface area contributed by atoms with Gasteiger partial charge in [0, 0.05) is 26.2 Å². The molecule has 1 aromatic heterocycles. The predicted molar refractivity (Wildman–Crippen MR) is 107 cm³/mol. The Morgan fingerprint density at radius 3 is 2.37 bits per heavy atom. The summed E-state index contributed by atoms with van der Waals surface area (Å²) in [5.74, 6) is -0.637. The summed E-state index contributed by atoms with van der Waals surface area (Å²) in [6.07, 6.45) is 3.79. The number of carbonyl (C=O) groups excluding carboxylic acids is 2. The Morgan fingerprint density at radius 2 is 1.77 bits per heavy atom. The molecule has 2 aliphatic heterocycles. The molecule has 1 aromatic rings. The summed E-state index contributed by atoms with van der Waals surface area (Å²) in [6, 6.07) is 0. The van der Waals surface area contributed by atoms with Crippen LogP contribution in [-0.2, 0) is 19.1 Å². The van der Waals surface area contributed by atoms with Gasteiger partial charge in [-0.05, 0) is 32.6 Å². The van der Waals surface area contributed by atoms with Crippen molar-refractivity contribution in [2.45, 2.75) is 32.6 Å². The summed E-state index contributed by atoms with van der Waals surface area (Å²) in [7, 11) is 1.36. The molecular weight excluding hydrogens is 394 g/mol. The standard InChI is InChI=1S/C19H27N5O6/c1-3-30-19(26)14-5-4-8-23(11-14)17-15(24(27)28)16(20-12-21-17)22-9-6-13(7-10-22)18(25)29-2/h12-14H,3-11H2,1-2H3. The zero-order valence-electron chi connectivity index (χ0n) is 17.3. The Hall–Kier alpha value is -2.98. The van der Waals surface area contributed by atoms with Gasteiger partial charge in [0.25, 0.3) is 0 Å². The van der Waals surface area contributed by atoms with Gasteiger partial charge in [0.15, 0.2) is 0 Å². The SMILES string of the molecule is CCOC(=O)C1CCCN(c2ncnc(N3CCC(C(=O)OC)CC3)c2[N+](=O)[O-])C1. The minimum absolute atomic E-state index is 0.168. The normalized spacial score (nSPS) is 20.0. The number of esters is 2. The monoisotopic (exact) mass is 421 g/mol. The first kappa shape index (κ1) is 21.7. The lowest BCUT2D eigenvalue weighted by molar-refractivity contribution is -0.383. The van der Waals surface area contributed by atoms with Gasteiger partial charge >= 0.3 is 17.6 Å². The van der Waals surface area contributed by atoms with E-state index in [9.17, 15) is 19.7 Å². The molecule has 1 atom stereocenters. The zero-order chi connectivity index (χ0) is 21.7. The molecular formula is C19H27N5O6. The van der Waals surface area contributed by atoms with Crippen molar-refractivity contribution < 1.29 is 24.0 Å². The lowest BCUT2D eigenvalue weighted by Crippen LogP contribution is -2.41. The molecule has 0 aromatic carbocycles. The number of anilines is 2. The molecule has 11 heteroatoms. The van der Waals surface area contributed by atoms with Crippen LogP contribution in [0.3, 0.4) is 0 Å². The van der Waals surface area contributed by atoms with Crippen LogP contribution < -0.4 is 9.80 Å². The van der Waals surface area contributed by atoms with E-state index in [1.807, 2.05) is 4.90 Å². The molecule has 0 spiro atoms. The molecule has 0 N–H and O–H groups in total. The third kappa shape index (κ3) is 4.60. The molecule has 0 bridgehead atoms. The van der Waals surface area contributed by atoms with Crippen LogP contribution in [-0.4, -0.2) is 66.7 Å². The Balaban J connectivity index is 1.83. The van der Waals surface area contributed by atoms with Crippen molar-refractivity contribution in [2.24, 2.45) is 11.8 Å². The Bertz CT molecular complexity index is 796. The van der Waals surface area contributed by atoms with Crippen molar-refractivity contribution in [3.05, 3.63) is 16.4 Å². The highest BCUT2D eigenvalue weighted by molar-refractivity contribution is 5.76. The van der Waals surface area contributed by atoms with Crippen molar-refractivity contribution in [3.8, 4) is 0 Å². The van der Waals surface area contributed by atoms with Gasteiger partial charge in [0.05, 0.1) is 30.5 Å². The summed E-state index contributed by atoms with van der Waals surface area (Å²) in [5, 5.41) is 12.0. The smallest absolute Gasteiger partial charge is 0.353 e. The first-order chi connectivity index (χ1) is 14.5. The maximum absolute atomic E-state index is 12.2. The number of nitro groups is 1. The quantitative estimate of drug-likeness (QED) is 0.379. The van der Waals surface area contributed by atoms with Gasteiger partial charge in [-0.3, -0.25) is 19.7 Å². The summed E-state index contributed by atoms with van der Waals surface area (Å²) in [6.45, 7) is 3.86. The zero-order valence-corrected chi connectivity index (χ0v) is 17.3. The van der Waals surface area contributed by atoms with E-state index in [1.54, 1.807) is 11.8 Å². The summed E-state index contributed by atoms with van der Waals surface area (Å²) < 4.78 is 9.92. The van der Waals surface area contributed by atoms with Gasteiger partial charge in [0.2, 0.25) is 11.6 Å². The van der Waals surface area contributed by atoms with E-state index in [1.165, 1.54) is 13.4 Å². The molecule has 3 heterocycles. The van der Waals surface area contributed by atoms with E-state index in [0.717, 1.165) is 0 Å². The Kier molecular flexibility index (Phi) is 7.01. The van der Waals surface area contributed by atoms with Crippen molar-refractivity contribution in [1.29, 1.82) is 0 Å². The number of hydrogen-bond acceptors (Lipinski definition) is 10. The predicted octanol–water partition coefficient (Wildman–Crippen LogP) is 1.55. The number of ether oxygens (including phenoxy) is 2. The third-order valence-electron chi connectivity index (χ3n) is 5.64. The molecule has 30 heavy (non-hydrogen) atoms. The van der Waals surface area contributed by atoms with Crippen LogP contribution in [0.25, 0.3) is 0 Å². The molecule has 1 unspecified atom stereocenters. The van der Waals surface area contributed by atoms with Crippen LogP contribution in [0.4, 0.5) is 17.3 Å². The van der Waals surface area contributed by atoms with E-state index in [2.05, 4.69) is 9.97 Å². The second kappa shape index (κ2) is 9.68. The number of carbonyl (C=O) groups is 2. The largest absolute Gasteiger partial charge is 0.469 e. The second-order valence-corrected chi connectivity index (χ2v) is 7.45. The van der Waals surface area contributed by atoms with Gasteiger partial charge in [-0.1, -0.05) is 0 Å². The molecule has 164 valence electrons. The van der Waals surface area contributed by atoms with E-state index in [0.29, 0.717) is 58.5 Å². The molecule has 2 aliphatic rings. The third-order valence-corrected chi connectivity index (χ3v) is 5.64. The molecule has 0 radical (unpaired) electrons. The van der Waals surface area contributed by atoms with Gasteiger partial charge in [0.1, 0.15) is 6.33 Å². The number of piperidine rings is 2. The van der Waals surface area contributed by atoms with Crippen molar-refractivity contribution >= 4 is 29.3 Å². The first-order valence-electron chi connectivity index (χ1n) is 10.2. The van der Waals surface area contributed by atoms with Crippen LogP contribution in [0.1, 0.15) is 32.6 Å². The van der Waals surface area contributed by atoms with E-state index >= 15 is 0 Å². The molecule has 0 amide bonds. The van der Waals surface area contributed by atoms with Crippen molar-refractivity contribution in [1.82, 2.24) is 9.97 Å². The van der Waals surface area contributed by atoms with Gasteiger partial charge in [-0.2, -0.15) is 0 Å². The van der Waals surface area contributed by atoms with Crippen LogP contribution >= 0.6 is 0 Å². The number of hydrogen-bond donors (Lipinski definition) is 0.